The summed E-state index contributed by atoms with van der Waals surface area (Å²) in [5, 5.41) is 10.3. The average Bonchev–Trinajstić information content (AvgIpc) is 3.15. The number of ether oxygens (including phenoxy) is 1. The number of aromatic nitrogens is 1. The number of hydrogen-bond acceptors (Lipinski definition) is 5. The fourth-order valence-electron chi connectivity index (χ4n) is 2.90. The molecule has 0 unspecified atom stereocenters. The summed E-state index contributed by atoms with van der Waals surface area (Å²) < 4.78 is 38.7. The van der Waals surface area contributed by atoms with Gasteiger partial charge in [-0.1, -0.05) is 27.5 Å². The lowest BCUT2D eigenvalue weighted by Crippen LogP contribution is -1.94. The summed E-state index contributed by atoms with van der Waals surface area (Å²) in [4.78, 5) is 8.69. The van der Waals surface area contributed by atoms with Gasteiger partial charge in [-0.3, -0.25) is 4.99 Å². The Hall–Kier alpha value is -2.97. The zero-order valence-corrected chi connectivity index (χ0v) is 18.3. The Bertz CT molecular complexity index is 1320. The van der Waals surface area contributed by atoms with Crippen molar-refractivity contribution in [1.29, 1.82) is 0 Å². The first-order valence-corrected chi connectivity index (χ1v) is 10.3. The maximum absolute atomic E-state index is 13.6. The Balaban J connectivity index is 1.68. The molecule has 0 amide bonds. The summed E-state index contributed by atoms with van der Waals surface area (Å²) in [5.41, 5.74) is 2.04. The summed E-state index contributed by atoms with van der Waals surface area (Å²) in [6.07, 6.45) is 1.50. The van der Waals surface area contributed by atoms with Gasteiger partial charge in [-0.2, -0.15) is 0 Å². The van der Waals surface area contributed by atoms with Gasteiger partial charge in [0, 0.05) is 16.3 Å². The summed E-state index contributed by atoms with van der Waals surface area (Å²) >= 11 is 9.39. The molecule has 1 heterocycles. The molecule has 0 atom stereocenters. The molecule has 4 rings (SSSR count). The van der Waals surface area contributed by atoms with Gasteiger partial charge < -0.3 is 14.3 Å². The first-order chi connectivity index (χ1) is 14.9. The van der Waals surface area contributed by atoms with Crippen LogP contribution in [0.3, 0.4) is 0 Å². The molecule has 1 aromatic heterocycles. The molecule has 0 aliphatic heterocycles. The maximum Gasteiger partial charge on any atom is 0.228 e. The summed E-state index contributed by atoms with van der Waals surface area (Å²) in [7, 11) is 0. The smallest absolute Gasteiger partial charge is 0.228 e. The van der Waals surface area contributed by atoms with Crippen LogP contribution < -0.4 is 4.74 Å². The summed E-state index contributed by atoms with van der Waals surface area (Å²) in [6, 6.07) is 10.2. The number of aromatic hydroxyl groups is 1. The molecule has 5 nitrogen and oxygen atoms in total. The number of hydrogen-bond donors (Lipinski definition) is 1. The number of aliphatic imine (C=N–C) groups is 1. The van der Waals surface area contributed by atoms with E-state index in [1.807, 2.05) is 6.92 Å². The number of rotatable bonds is 5. The van der Waals surface area contributed by atoms with Gasteiger partial charge in [0.05, 0.1) is 22.9 Å². The Labute approximate surface area is 189 Å². The van der Waals surface area contributed by atoms with Crippen molar-refractivity contribution < 1.29 is 23.0 Å². The molecule has 0 radical (unpaired) electrons. The third-order valence-corrected chi connectivity index (χ3v) is 5.10. The van der Waals surface area contributed by atoms with Crippen LogP contribution in [0.1, 0.15) is 12.5 Å². The van der Waals surface area contributed by atoms with E-state index in [0.717, 1.165) is 16.6 Å². The molecule has 0 saturated carbocycles. The third-order valence-electron chi connectivity index (χ3n) is 4.33. The van der Waals surface area contributed by atoms with Crippen molar-refractivity contribution in [3.05, 3.63) is 69.2 Å². The number of nitrogens with zero attached hydrogens (tertiary/aromatic N) is 2. The molecule has 3 aromatic carbocycles. The highest BCUT2D eigenvalue weighted by Crippen LogP contribution is 2.34. The van der Waals surface area contributed by atoms with Crippen molar-refractivity contribution in [3.63, 3.8) is 0 Å². The highest BCUT2D eigenvalue weighted by Gasteiger charge is 2.16. The lowest BCUT2D eigenvalue weighted by molar-refractivity contribution is 0.317. The first kappa shape index (κ1) is 21.3. The van der Waals surface area contributed by atoms with E-state index in [0.29, 0.717) is 34.7 Å². The van der Waals surface area contributed by atoms with Gasteiger partial charge in [0.15, 0.2) is 28.7 Å². The number of halogens is 4. The minimum atomic E-state index is -1.05. The molecule has 0 aliphatic rings. The number of benzene rings is 3. The Morgan fingerprint density at radius 2 is 1.97 bits per heavy atom. The number of phenols is 1. The normalized spacial score (nSPS) is 11.5. The molecule has 4 aromatic rings. The Morgan fingerprint density at radius 3 is 2.74 bits per heavy atom. The van der Waals surface area contributed by atoms with E-state index in [9.17, 15) is 13.9 Å². The second-order valence-corrected chi connectivity index (χ2v) is 7.77. The molecular formula is C22H14BrClF2N2O3. The molecule has 31 heavy (non-hydrogen) atoms. The second-order valence-electron chi connectivity index (χ2n) is 6.45. The van der Waals surface area contributed by atoms with Crippen LogP contribution in [0.5, 0.6) is 11.5 Å². The molecular weight excluding hydrogens is 494 g/mol. The fourth-order valence-corrected chi connectivity index (χ4v) is 3.59. The fraction of sp³-hybridized carbons (Fsp3) is 0.0909. The topological polar surface area (TPSA) is 67.9 Å². The highest BCUT2D eigenvalue weighted by atomic mass is 79.9. The highest BCUT2D eigenvalue weighted by molar-refractivity contribution is 9.10. The molecule has 0 fully saturated rings. The van der Waals surface area contributed by atoms with Gasteiger partial charge >= 0.3 is 0 Å². The van der Waals surface area contributed by atoms with Crippen LogP contribution in [0.25, 0.3) is 22.6 Å². The molecule has 0 spiro atoms. The van der Waals surface area contributed by atoms with Crippen LogP contribution >= 0.6 is 27.5 Å². The minimum Gasteiger partial charge on any atom is -0.504 e. The Morgan fingerprint density at radius 1 is 1.19 bits per heavy atom. The molecule has 0 saturated heterocycles. The van der Waals surface area contributed by atoms with Gasteiger partial charge in [-0.05, 0) is 49.4 Å². The first-order valence-electron chi connectivity index (χ1n) is 9.10. The van der Waals surface area contributed by atoms with E-state index in [1.54, 1.807) is 30.3 Å². The largest absolute Gasteiger partial charge is 0.504 e. The van der Waals surface area contributed by atoms with Crippen molar-refractivity contribution in [1.82, 2.24) is 4.98 Å². The van der Waals surface area contributed by atoms with E-state index in [1.165, 1.54) is 6.21 Å². The lowest BCUT2D eigenvalue weighted by Gasteiger charge is -2.08. The van der Waals surface area contributed by atoms with Crippen LogP contribution in [0, 0.1) is 11.6 Å². The van der Waals surface area contributed by atoms with E-state index < -0.39 is 11.6 Å². The van der Waals surface area contributed by atoms with E-state index in [-0.39, 0.29) is 22.2 Å². The van der Waals surface area contributed by atoms with Gasteiger partial charge in [-0.25, -0.2) is 13.8 Å². The van der Waals surface area contributed by atoms with Gasteiger partial charge in [0.2, 0.25) is 5.89 Å². The van der Waals surface area contributed by atoms with E-state index in [4.69, 9.17) is 20.8 Å². The molecule has 0 aliphatic carbocycles. The second kappa shape index (κ2) is 8.64. The van der Waals surface area contributed by atoms with Crippen LogP contribution in [-0.2, 0) is 0 Å². The molecule has 9 heteroatoms. The quantitative estimate of drug-likeness (QED) is 0.232. The zero-order valence-electron chi connectivity index (χ0n) is 16.0. The lowest BCUT2D eigenvalue weighted by atomic mass is 10.2. The van der Waals surface area contributed by atoms with Gasteiger partial charge in [-0.15, -0.1) is 0 Å². The standard InChI is InChI=1S/C22H14BrClF2N2O3/c1-2-30-20-6-12(23)5-11(21(20)29)10-27-13-3-4-19-18(7-13)28-22(31-19)14-8-16(25)17(26)9-15(14)24/h3-10,29H,2H2,1H3. The van der Waals surface area contributed by atoms with Crippen LogP contribution in [0.2, 0.25) is 5.02 Å². The minimum absolute atomic E-state index is 0.0149. The van der Waals surface area contributed by atoms with Crippen molar-refractivity contribution in [2.45, 2.75) is 6.92 Å². The number of phenolic OH excluding ortho intramolecular Hbond substituents is 1. The summed E-state index contributed by atoms with van der Waals surface area (Å²) in [5.74, 6) is -1.71. The van der Waals surface area contributed by atoms with Crippen molar-refractivity contribution in [2.24, 2.45) is 4.99 Å². The average molecular weight is 508 g/mol. The number of oxazole rings is 1. The zero-order chi connectivity index (χ0) is 22.1. The SMILES string of the molecule is CCOc1cc(Br)cc(C=Nc2ccc3oc(-c4cc(F)c(F)cc4Cl)nc3c2)c1O. The molecule has 0 bridgehead atoms. The Kier molecular flexibility index (Phi) is 5.93. The van der Waals surface area contributed by atoms with E-state index >= 15 is 0 Å². The van der Waals surface area contributed by atoms with Crippen LogP contribution in [0.4, 0.5) is 14.5 Å². The number of fused-ring (bicyclic) bond motifs is 1. The predicted molar refractivity (Wildman–Crippen MR) is 119 cm³/mol. The van der Waals surface area contributed by atoms with Gasteiger partial charge in [0.25, 0.3) is 0 Å². The van der Waals surface area contributed by atoms with Crippen molar-refractivity contribution >= 4 is 50.5 Å². The molecule has 1 N–H and O–H groups in total. The summed E-state index contributed by atoms with van der Waals surface area (Å²) in [6.45, 7) is 2.23. The van der Waals surface area contributed by atoms with Crippen molar-refractivity contribution in [3.8, 4) is 23.0 Å². The monoisotopic (exact) mass is 506 g/mol. The maximum atomic E-state index is 13.6. The van der Waals surface area contributed by atoms with Crippen molar-refractivity contribution in [2.75, 3.05) is 6.61 Å². The van der Waals surface area contributed by atoms with E-state index in [2.05, 4.69) is 25.9 Å². The predicted octanol–water partition coefficient (Wildman–Crippen LogP) is 7.04. The molecule has 158 valence electrons. The van der Waals surface area contributed by atoms with Crippen LogP contribution in [0.15, 0.2) is 56.3 Å². The van der Waals surface area contributed by atoms with Gasteiger partial charge in [0.1, 0.15) is 5.52 Å². The third kappa shape index (κ3) is 4.40. The van der Waals surface area contributed by atoms with Crippen LogP contribution in [-0.4, -0.2) is 22.9 Å².